The summed E-state index contributed by atoms with van der Waals surface area (Å²) in [5, 5.41) is 2.78. The van der Waals surface area contributed by atoms with E-state index in [1.54, 1.807) is 66.4 Å². The summed E-state index contributed by atoms with van der Waals surface area (Å²) in [5.41, 5.74) is 1.06. The number of benzene rings is 3. The van der Waals surface area contributed by atoms with Crippen LogP contribution in [0.4, 0.5) is 11.4 Å². The average Bonchev–Trinajstić information content (AvgIpc) is 2.73. The van der Waals surface area contributed by atoms with E-state index in [0.717, 1.165) is 9.20 Å². The molecule has 28 heavy (non-hydrogen) atoms. The first-order valence-electron chi connectivity index (χ1n) is 8.57. The number of hydrogen-bond acceptors (Lipinski definition) is 4. The highest BCUT2D eigenvalue weighted by atomic mass is 32.2. The highest BCUT2D eigenvalue weighted by Crippen LogP contribution is 2.24. The van der Waals surface area contributed by atoms with Crippen LogP contribution in [-0.2, 0) is 14.8 Å². The maximum atomic E-state index is 13.2. The molecule has 1 amide bonds. The van der Waals surface area contributed by atoms with E-state index in [2.05, 4.69) is 5.32 Å². The monoisotopic (exact) mass is 412 g/mol. The van der Waals surface area contributed by atoms with Crippen molar-refractivity contribution in [2.24, 2.45) is 0 Å². The van der Waals surface area contributed by atoms with Crippen molar-refractivity contribution < 1.29 is 13.2 Å². The van der Waals surface area contributed by atoms with Crippen LogP contribution < -0.4 is 9.62 Å². The van der Waals surface area contributed by atoms with Gasteiger partial charge in [-0.05, 0) is 48.7 Å². The molecule has 0 aromatic heterocycles. The predicted molar refractivity (Wildman–Crippen MR) is 114 cm³/mol. The van der Waals surface area contributed by atoms with Gasteiger partial charge in [-0.15, -0.1) is 11.8 Å². The maximum Gasteiger partial charge on any atom is 0.264 e. The van der Waals surface area contributed by atoms with E-state index in [4.69, 9.17) is 0 Å². The summed E-state index contributed by atoms with van der Waals surface area (Å²) in [5.74, 6) is -0.415. The van der Waals surface area contributed by atoms with Crippen molar-refractivity contribution in [3.8, 4) is 0 Å². The van der Waals surface area contributed by atoms with Gasteiger partial charge in [0.1, 0.15) is 6.54 Å². The van der Waals surface area contributed by atoms with Crippen molar-refractivity contribution in [1.82, 2.24) is 0 Å². The fourth-order valence-corrected chi connectivity index (χ4v) is 4.56. The molecule has 0 spiro atoms. The molecule has 0 aliphatic heterocycles. The standard InChI is InChI=1S/C21H20N2O3S2/c1-27-19-12-8-9-17(15-19)22-21(24)16-23(18-10-4-2-5-11-18)28(25,26)20-13-6-3-7-14-20/h2-15H,16H2,1H3,(H,22,24). The van der Waals surface area contributed by atoms with Gasteiger partial charge < -0.3 is 5.32 Å². The van der Waals surface area contributed by atoms with Gasteiger partial charge in [0.2, 0.25) is 5.91 Å². The minimum absolute atomic E-state index is 0.135. The summed E-state index contributed by atoms with van der Waals surface area (Å²) in [6.07, 6.45) is 1.95. The maximum absolute atomic E-state index is 13.2. The van der Waals surface area contributed by atoms with Crippen molar-refractivity contribution in [1.29, 1.82) is 0 Å². The van der Waals surface area contributed by atoms with Crippen molar-refractivity contribution >= 4 is 39.1 Å². The van der Waals surface area contributed by atoms with Gasteiger partial charge in [-0.3, -0.25) is 9.10 Å². The molecule has 0 fully saturated rings. The molecule has 0 bridgehead atoms. The Bertz CT molecular complexity index is 1040. The highest BCUT2D eigenvalue weighted by Gasteiger charge is 2.26. The molecule has 0 aliphatic carbocycles. The SMILES string of the molecule is CSc1cccc(NC(=O)CN(c2ccccc2)S(=O)(=O)c2ccccc2)c1. The number of sulfonamides is 1. The smallest absolute Gasteiger partial charge is 0.264 e. The van der Waals surface area contributed by atoms with E-state index in [9.17, 15) is 13.2 Å². The van der Waals surface area contributed by atoms with Gasteiger partial charge in [0, 0.05) is 10.6 Å². The van der Waals surface area contributed by atoms with Crippen molar-refractivity contribution in [2.75, 3.05) is 22.4 Å². The average molecular weight is 413 g/mol. The zero-order valence-electron chi connectivity index (χ0n) is 15.3. The zero-order valence-corrected chi connectivity index (χ0v) is 16.9. The lowest BCUT2D eigenvalue weighted by Gasteiger charge is -2.24. The number of nitrogens with one attached hydrogen (secondary N) is 1. The molecular formula is C21H20N2O3S2. The van der Waals surface area contributed by atoms with Crippen LogP contribution in [0.25, 0.3) is 0 Å². The topological polar surface area (TPSA) is 66.5 Å². The summed E-state index contributed by atoms with van der Waals surface area (Å²) in [6, 6.07) is 24.1. The van der Waals surface area contributed by atoms with Crippen molar-refractivity contribution in [2.45, 2.75) is 9.79 Å². The Morgan fingerprint density at radius 1 is 0.929 bits per heavy atom. The molecular weight excluding hydrogens is 392 g/mol. The second-order valence-corrected chi connectivity index (χ2v) is 8.68. The van der Waals surface area contributed by atoms with Crippen LogP contribution in [0.5, 0.6) is 0 Å². The molecule has 0 saturated heterocycles. The fourth-order valence-electron chi connectivity index (χ4n) is 2.66. The number of hydrogen-bond donors (Lipinski definition) is 1. The summed E-state index contributed by atoms with van der Waals surface area (Å²) >= 11 is 1.56. The van der Waals surface area contributed by atoms with Crippen LogP contribution in [0.1, 0.15) is 0 Å². The van der Waals surface area contributed by atoms with Gasteiger partial charge in [-0.25, -0.2) is 8.42 Å². The van der Waals surface area contributed by atoms with Crippen LogP contribution in [0.15, 0.2) is 94.7 Å². The van der Waals surface area contributed by atoms with E-state index >= 15 is 0 Å². The van der Waals surface area contributed by atoms with Gasteiger partial charge >= 0.3 is 0 Å². The number of nitrogens with zero attached hydrogens (tertiary/aromatic N) is 1. The Hall–Kier alpha value is -2.77. The van der Waals surface area contributed by atoms with E-state index < -0.39 is 15.9 Å². The number of para-hydroxylation sites is 1. The number of amides is 1. The minimum Gasteiger partial charge on any atom is -0.324 e. The van der Waals surface area contributed by atoms with Crippen LogP contribution in [0.3, 0.4) is 0 Å². The molecule has 1 N–H and O–H groups in total. The molecule has 3 aromatic carbocycles. The van der Waals surface area contributed by atoms with Gasteiger partial charge in [0.25, 0.3) is 10.0 Å². The summed E-state index contributed by atoms with van der Waals surface area (Å²) in [4.78, 5) is 13.8. The molecule has 0 radical (unpaired) electrons. The Morgan fingerprint density at radius 3 is 2.21 bits per heavy atom. The van der Waals surface area contributed by atoms with Crippen LogP contribution in [0, 0.1) is 0 Å². The summed E-state index contributed by atoms with van der Waals surface area (Å²) in [6.45, 7) is -0.329. The fraction of sp³-hybridized carbons (Fsp3) is 0.0952. The number of carbonyl (C=O) groups is 1. The highest BCUT2D eigenvalue weighted by molar-refractivity contribution is 7.98. The minimum atomic E-state index is -3.89. The normalized spacial score (nSPS) is 11.0. The van der Waals surface area contributed by atoms with E-state index in [1.165, 1.54) is 12.1 Å². The first-order chi connectivity index (χ1) is 13.5. The third kappa shape index (κ3) is 4.74. The molecule has 0 atom stereocenters. The predicted octanol–water partition coefficient (Wildman–Crippen LogP) is 4.24. The zero-order chi connectivity index (χ0) is 20.0. The Kier molecular flexibility index (Phi) is 6.38. The number of thioether (sulfide) groups is 1. The van der Waals surface area contributed by atoms with Gasteiger partial charge in [-0.1, -0.05) is 42.5 Å². The molecule has 5 nitrogen and oxygen atoms in total. The van der Waals surface area contributed by atoms with Crippen molar-refractivity contribution in [3.63, 3.8) is 0 Å². The van der Waals surface area contributed by atoms with Crippen LogP contribution >= 0.6 is 11.8 Å². The lowest BCUT2D eigenvalue weighted by molar-refractivity contribution is -0.114. The molecule has 0 aliphatic rings. The Morgan fingerprint density at radius 2 is 1.57 bits per heavy atom. The number of anilines is 2. The van der Waals surface area contributed by atoms with Crippen LogP contribution in [-0.4, -0.2) is 27.1 Å². The Balaban J connectivity index is 1.89. The number of carbonyl (C=O) groups excluding carboxylic acids is 1. The molecule has 7 heteroatoms. The lowest BCUT2D eigenvalue weighted by Crippen LogP contribution is -2.38. The van der Waals surface area contributed by atoms with E-state index in [1.807, 2.05) is 24.5 Å². The molecule has 0 unspecified atom stereocenters. The molecule has 144 valence electrons. The third-order valence-corrected chi connectivity index (χ3v) is 6.53. The third-order valence-electron chi connectivity index (χ3n) is 4.02. The Labute approximate surface area is 169 Å². The second-order valence-electron chi connectivity index (χ2n) is 5.94. The largest absolute Gasteiger partial charge is 0.324 e. The van der Waals surface area contributed by atoms with Gasteiger partial charge in [0.15, 0.2) is 0 Å². The molecule has 3 rings (SSSR count). The van der Waals surface area contributed by atoms with E-state index in [-0.39, 0.29) is 11.4 Å². The first kappa shape index (κ1) is 20.0. The van der Waals surface area contributed by atoms with Gasteiger partial charge in [-0.2, -0.15) is 0 Å². The van der Waals surface area contributed by atoms with Crippen molar-refractivity contribution in [3.05, 3.63) is 84.9 Å². The molecule has 0 saturated carbocycles. The summed E-state index contributed by atoms with van der Waals surface area (Å²) in [7, 11) is -3.89. The van der Waals surface area contributed by atoms with Crippen LogP contribution in [0.2, 0.25) is 0 Å². The lowest BCUT2D eigenvalue weighted by atomic mass is 10.3. The molecule has 3 aromatic rings. The second kappa shape index (κ2) is 8.95. The number of rotatable bonds is 7. The van der Waals surface area contributed by atoms with Gasteiger partial charge in [0.05, 0.1) is 10.6 Å². The van der Waals surface area contributed by atoms with E-state index in [0.29, 0.717) is 11.4 Å². The quantitative estimate of drug-likeness (QED) is 0.590. The first-order valence-corrected chi connectivity index (χ1v) is 11.2. The molecule has 0 heterocycles. The summed E-state index contributed by atoms with van der Waals surface area (Å²) < 4.78 is 27.4.